The molecule has 2 rings (SSSR count). The van der Waals surface area contributed by atoms with Crippen LogP contribution in [0.15, 0.2) is 60.7 Å². The monoisotopic (exact) mass is 242 g/mol. The van der Waals surface area contributed by atoms with E-state index in [4.69, 9.17) is 0 Å². The van der Waals surface area contributed by atoms with E-state index in [2.05, 4.69) is 70.6 Å². The Morgan fingerprint density at radius 1 is 0.647 bits per heavy atom. The summed E-state index contributed by atoms with van der Waals surface area (Å²) in [5, 5.41) is 0. The van der Waals surface area contributed by atoms with Crippen molar-refractivity contribution >= 4 is 9.84 Å². The topological polar surface area (TPSA) is 24.1 Å². The van der Waals surface area contributed by atoms with Gasteiger partial charge in [0.15, 0.2) is 9.84 Å². The molecule has 2 N–H and O–H groups in total. The zero-order valence-electron chi connectivity index (χ0n) is 9.89. The first-order valence-corrected chi connectivity index (χ1v) is 7.36. The number of nitrogens with one attached hydrogen (secondary N) is 2. The summed E-state index contributed by atoms with van der Waals surface area (Å²) in [5.74, 6) is 0. The van der Waals surface area contributed by atoms with Gasteiger partial charge in [-0.1, -0.05) is 60.7 Å². The smallest absolute Gasteiger partial charge is 0.168 e. The van der Waals surface area contributed by atoms with Crippen LogP contribution in [-0.2, 0) is 13.1 Å². The van der Waals surface area contributed by atoms with Gasteiger partial charge in [0, 0.05) is 13.1 Å². The van der Waals surface area contributed by atoms with Gasteiger partial charge in [-0.3, -0.25) is 0 Å². The molecule has 0 aliphatic heterocycles. The predicted octanol–water partition coefficient (Wildman–Crippen LogP) is 1.56. The zero-order valence-corrected chi connectivity index (χ0v) is 11.3. The largest absolute Gasteiger partial charge is 0.326 e. The highest BCUT2D eigenvalue weighted by molar-refractivity contribution is 6.28. The molecule has 0 aliphatic carbocycles. The van der Waals surface area contributed by atoms with Crippen molar-refractivity contribution in [1.29, 1.82) is 0 Å². The summed E-state index contributed by atoms with van der Waals surface area (Å²) >= 11 is 0. The molecular weight excluding hydrogens is 224 g/mol. The molecule has 0 radical (unpaired) electrons. The van der Waals surface area contributed by atoms with Gasteiger partial charge in [-0.2, -0.15) is 0 Å². The van der Waals surface area contributed by atoms with Gasteiger partial charge >= 0.3 is 0 Å². The van der Waals surface area contributed by atoms with Crippen LogP contribution in [-0.4, -0.2) is 9.84 Å². The molecular formula is C14H18N2Si. The highest BCUT2D eigenvalue weighted by atomic mass is 28.2. The van der Waals surface area contributed by atoms with Crippen molar-refractivity contribution in [2.75, 3.05) is 0 Å². The molecule has 2 nitrogen and oxygen atoms in total. The Balaban J connectivity index is 1.61. The molecule has 0 bridgehead atoms. The maximum atomic E-state index is 3.50. The normalized spacial score (nSPS) is 10.4. The molecule has 0 saturated heterocycles. The van der Waals surface area contributed by atoms with E-state index in [1.165, 1.54) is 11.1 Å². The van der Waals surface area contributed by atoms with E-state index in [9.17, 15) is 0 Å². The first kappa shape index (κ1) is 12.0. The number of benzene rings is 2. The average Bonchev–Trinajstić information content (AvgIpc) is 2.41. The van der Waals surface area contributed by atoms with Gasteiger partial charge in [0.05, 0.1) is 0 Å². The molecule has 3 heteroatoms. The summed E-state index contributed by atoms with van der Waals surface area (Å²) in [4.78, 5) is 7.00. The van der Waals surface area contributed by atoms with E-state index in [-0.39, 0.29) is 9.84 Å². The lowest BCUT2D eigenvalue weighted by Crippen LogP contribution is -2.32. The van der Waals surface area contributed by atoms with Crippen LogP contribution in [0.5, 0.6) is 0 Å². The van der Waals surface area contributed by atoms with Gasteiger partial charge in [0.2, 0.25) is 0 Å². The third-order valence-corrected chi connectivity index (χ3v) is 3.59. The lowest BCUT2D eigenvalue weighted by Gasteiger charge is -2.06. The second-order valence-corrected chi connectivity index (χ2v) is 5.36. The Labute approximate surface area is 105 Å². The second kappa shape index (κ2) is 7.01. The summed E-state index contributed by atoms with van der Waals surface area (Å²) in [6.45, 7) is 1.93. The zero-order chi connectivity index (χ0) is 11.8. The van der Waals surface area contributed by atoms with E-state index >= 15 is 0 Å². The molecule has 0 fully saturated rings. The van der Waals surface area contributed by atoms with Crippen molar-refractivity contribution in [3.63, 3.8) is 0 Å². The summed E-state index contributed by atoms with van der Waals surface area (Å²) in [5.41, 5.74) is 2.70. The molecule has 0 aromatic heterocycles. The van der Waals surface area contributed by atoms with Crippen LogP contribution in [0.2, 0.25) is 0 Å². The Kier molecular flexibility index (Phi) is 4.97. The quantitative estimate of drug-likeness (QED) is 0.593. The van der Waals surface area contributed by atoms with Crippen molar-refractivity contribution in [2.24, 2.45) is 0 Å². The van der Waals surface area contributed by atoms with Gasteiger partial charge in [0.25, 0.3) is 0 Å². The lowest BCUT2D eigenvalue weighted by molar-refractivity contribution is 0.872. The Hall–Kier alpha value is -1.42. The average molecular weight is 242 g/mol. The van der Waals surface area contributed by atoms with Crippen LogP contribution >= 0.6 is 0 Å². The van der Waals surface area contributed by atoms with E-state index < -0.39 is 0 Å². The summed E-state index contributed by atoms with van der Waals surface area (Å²) < 4.78 is 0. The molecule has 0 aliphatic rings. The Morgan fingerprint density at radius 3 is 1.47 bits per heavy atom. The van der Waals surface area contributed by atoms with E-state index in [1.54, 1.807) is 0 Å². The molecule has 0 atom stereocenters. The first-order valence-electron chi connectivity index (χ1n) is 5.94. The third kappa shape index (κ3) is 4.52. The van der Waals surface area contributed by atoms with Crippen LogP contribution in [0, 0.1) is 0 Å². The molecule has 0 spiro atoms. The van der Waals surface area contributed by atoms with Gasteiger partial charge in [-0.05, 0) is 11.1 Å². The minimum atomic E-state index is -0.376. The predicted molar refractivity (Wildman–Crippen MR) is 75.1 cm³/mol. The number of hydrogen-bond donors (Lipinski definition) is 2. The highest BCUT2D eigenvalue weighted by Gasteiger charge is 1.92. The second-order valence-electron chi connectivity index (χ2n) is 4.00. The van der Waals surface area contributed by atoms with E-state index in [0.717, 1.165) is 13.1 Å². The van der Waals surface area contributed by atoms with Crippen molar-refractivity contribution in [1.82, 2.24) is 9.96 Å². The minimum Gasteiger partial charge on any atom is -0.326 e. The van der Waals surface area contributed by atoms with Crippen LogP contribution < -0.4 is 9.96 Å². The molecule has 2 aromatic carbocycles. The third-order valence-electron chi connectivity index (χ3n) is 2.59. The van der Waals surface area contributed by atoms with Gasteiger partial charge in [-0.15, -0.1) is 0 Å². The van der Waals surface area contributed by atoms with Gasteiger partial charge < -0.3 is 9.96 Å². The summed E-state index contributed by atoms with van der Waals surface area (Å²) in [6.07, 6.45) is 0. The Morgan fingerprint density at radius 2 is 1.06 bits per heavy atom. The number of hydrogen-bond acceptors (Lipinski definition) is 2. The van der Waals surface area contributed by atoms with E-state index in [0.29, 0.717) is 0 Å². The Bertz CT molecular complexity index is 375. The minimum absolute atomic E-state index is 0.376. The fraction of sp³-hybridized carbons (Fsp3) is 0.143. The number of rotatable bonds is 6. The molecule has 17 heavy (non-hydrogen) atoms. The molecule has 0 amide bonds. The van der Waals surface area contributed by atoms with E-state index in [1.807, 2.05) is 0 Å². The molecule has 88 valence electrons. The van der Waals surface area contributed by atoms with Crippen LogP contribution in [0.3, 0.4) is 0 Å². The van der Waals surface area contributed by atoms with Crippen molar-refractivity contribution in [3.05, 3.63) is 71.8 Å². The van der Waals surface area contributed by atoms with Gasteiger partial charge in [-0.25, -0.2) is 0 Å². The maximum Gasteiger partial charge on any atom is 0.168 e. The summed E-state index contributed by atoms with van der Waals surface area (Å²) in [6, 6.07) is 21.0. The fourth-order valence-corrected chi connectivity index (χ4v) is 2.70. The summed E-state index contributed by atoms with van der Waals surface area (Å²) in [7, 11) is -0.376. The lowest BCUT2D eigenvalue weighted by atomic mass is 10.2. The molecule has 0 saturated carbocycles. The first-order chi connectivity index (χ1) is 8.45. The molecule has 0 unspecified atom stereocenters. The SMILES string of the molecule is c1ccc(CN[SiH2]NCc2ccccc2)cc1. The maximum absolute atomic E-state index is 3.50. The fourth-order valence-electron chi connectivity index (χ4n) is 1.69. The van der Waals surface area contributed by atoms with Crippen molar-refractivity contribution < 1.29 is 0 Å². The standard InChI is InChI=1S/C14H18N2Si/c1-3-7-13(8-4-1)11-15-17-16-12-14-9-5-2-6-10-14/h1-10,15-16H,11-12,17H2. The van der Waals surface area contributed by atoms with Crippen molar-refractivity contribution in [2.45, 2.75) is 13.1 Å². The molecule has 0 heterocycles. The molecule has 2 aromatic rings. The van der Waals surface area contributed by atoms with Gasteiger partial charge in [0.1, 0.15) is 0 Å². The highest BCUT2D eigenvalue weighted by Crippen LogP contribution is 1.97. The van der Waals surface area contributed by atoms with Crippen LogP contribution in [0.1, 0.15) is 11.1 Å². The van der Waals surface area contributed by atoms with Crippen molar-refractivity contribution in [3.8, 4) is 0 Å². The van der Waals surface area contributed by atoms with Crippen LogP contribution in [0.25, 0.3) is 0 Å². The van der Waals surface area contributed by atoms with Crippen LogP contribution in [0.4, 0.5) is 0 Å².